The first-order valence-electron chi connectivity index (χ1n) is 10.0. The number of hydrogen-bond donors (Lipinski definition) is 2. The van der Waals surface area contributed by atoms with Crippen LogP contribution in [0.3, 0.4) is 0 Å². The van der Waals surface area contributed by atoms with E-state index < -0.39 is 12.2 Å². The van der Waals surface area contributed by atoms with Gasteiger partial charge in [0.05, 0.1) is 12.2 Å². The second kappa shape index (κ2) is 18.9. The summed E-state index contributed by atoms with van der Waals surface area (Å²) in [7, 11) is 0. The number of aliphatic hydroxyl groups excluding tert-OH is 2. The minimum atomic E-state index is -0.473. The van der Waals surface area contributed by atoms with Crippen molar-refractivity contribution in [1.29, 1.82) is 0 Å². The first-order valence-corrected chi connectivity index (χ1v) is 10.0. The lowest BCUT2D eigenvalue weighted by Crippen LogP contribution is -1.98. The van der Waals surface area contributed by atoms with Crippen molar-refractivity contribution >= 4 is 0 Å². The van der Waals surface area contributed by atoms with Crippen LogP contribution >= 0.6 is 0 Å². The highest BCUT2D eigenvalue weighted by atomic mass is 16.3. The van der Waals surface area contributed by atoms with Crippen LogP contribution < -0.4 is 0 Å². The Morgan fingerprint density at radius 2 is 1.37 bits per heavy atom. The second-order valence-corrected chi connectivity index (χ2v) is 6.67. The van der Waals surface area contributed by atoms with Gasteiger partial charge in [-0.2, -0.15) is 0 Å². The number of rotatable bonds is 15. The highest BCUT2D eigenvalue weighted by molar-refractivity contribution is 5.13. The van der Waals surface area contributed by atoms with Gasteiger partial charge in [0, 0.05) is 0 Å². The van der Waals surface area contributed by atoms with Gasteiger partial charge in [0.25, 0.3) is 0 Å². The summed E-state index contributed by atoms with van der Waals surface area (Å²) in [6, 6.07) is 0. The highest BCUT2D eigenvalue weighted by Gasteiger charge is 1.93. The van der Waals surface area contributed by atoms with E-state index in [1.165, 1.54) is 5.57 Å². The molecule has 0 bridgehead atoms. The molecule has 2 atom stereocenters. The van der Waals surface area contributed by atoms with Crippen molar-refractivity contribution in [2.45, 2.75) is 71.0 Å². The monoisotopic (exact) mass is 370 g/mol. The first-order chi connectivity index (χ1) is 13.1. The van der Waals surface area contributed by atoms with Gasteiger partial charge < -0.3 is 10.2 Å². The molecule has 0 radical (unpaired) electrons. The average molecular weight is 371 g/mol. The smallest absolute Gasteiger partial charge is 0.0758 e. The van der Waals surface area contributed by atoms with E-state index in [-0.39, 0.29) is 0 Å². The molecule has 2 nitrogen and oxygen atoms in total. The lowest BCUT2D eigenvalue weighted by molar-refractivity contribution is 0.226. The third kappa shape index (κ3) is 20.3. The highest BCUT2D eigenvalue weighted by Crippen LogP contribution is 2.05. The fourth-order valence-electron chi connectivity index (χ4n) is 2.22. The van der Waals surface area contributed by atoms with Crippen molar-refractivity contribution in [2.75, 3.05) is 0 Å². The third-order valence-electron chi connectivity index (χ3n) is 3.74. The molecule has 0 aromatic carbocycles. The molecule has 0 aliphatic carbocycles. The lowest BCUT2D eigenvalue weighted by atomic mass is 10.1. The molecule has 0 aromatic heterocycles. The van der Waals surface area contributed by atoms with Gasteiger partial charge in [0.2, 0.25) is 0 Å². The molecule has 0 rings (SSSR count). The van der Waals surface area contributed by atoms with Gasteiger partial charge in [-0.25, -0.2) is 0 Å². The van der Waals surface area contributed by atoms with Gasteiger partial charge in [-0.05, 0) is 51.9 Å². The minimum Gasteiger partial charge on any atom is -0.389 e. The Balaban J connectivity index is 3.84. The van der Waals surface area contributed by atoms with Crippen LogP contribution in [0.2, 0.25) is 0 Å². The zero-order valence-electron chi connectivity index (χ0n) is 17.1. The Labute approximate surface area is 166 Å². The molecule has 27 heavy (non-hydrogen) atoms. The molecule has 2 heteroatoms. The second-order valence-electron chi connectivity index (χ2n) is 6.67. The molecular formula is C25H38O2. The van der Waals surface area contributed by atoms with Crippen LogP contribution in [0.1, 0.15) is 58.8 Å². The van der Waals surface area contributed by atoms with E-state index in [0.29, 0.717) is 12.8 Å². The summed E-state index contributed by atoms with van der Waals surface area (Å²) in [5.41, 5.74) is 1.24. The fraction of sp³-hybridized carbons (Fsp3) is 0.440. The van der Waals surface area contributed by atoms with Crippen LogP contribution in [0.4, 0.5) is 0 Å². The number of hydrogen-bond acceptors (Lipinski definition) is 2. The van der Waals surface area contributed by atoms with Crippen LogP contribution in [0.25, 0.3) is 0 Å². The molecule has 0 aliphatic rings. The normalized spacial score (nSPS) is 15.4. The van der Waals surface area contributed by atoms with Gasteiger partial charge in [-0.15, -0.1) is 6.58 Å². The molecular weight excluding hydrogens is 332 g/mol. The van der Waals surface area contributed by atoms with Gasteiger partial charge in [-0.1, -0.05) is 85.4 Å². The summed E-state index contributed by atoms with van der Waals surface area (Å²) in [6.45, 7) is 8.04. The maximum Gasteiger partial charge on any atom is 0.0758 e. The summed E-state index contributed by atoms with van der Waals surface area (Å²) in [6.07, 6.45) is 29.0. The number of aliphatic hydroxyl groups is 2. The molecule has 0 spiro atoms. The van der Waals surface area contributed by atoms with Crippen molar-refractivity contribution < 1.29 is 10.2 Å². The molecule has 2 N–H and O–H groups in total. The standard InChI is InChI=1S/C25H38O2/c1-4-5-13-19-24(26)21-16-11-12-17-22-25(27)20-15-10-8-6-7-9-14-18-23(2)3/h5-7,10-13,15-17,21-22,24-27H,2,4,8-9,14,18-20H2,1,3H3/b7-6-,12-11+,13-5-,15-10-,21-16-,22-17+/t24-,25+/m0/s1. The summed E-state index contributed by atoms with van der Waals surface area (Å²) in [5, 5.41) is 19.6. The molecule has 0 aliphatic heterocycles. The topological polar surface area (TPSA) is 40.5 Å². The average Bonchev–Trinajstić information content (AvgIpc) is 2.63. The van der Waals surface area contributed by atoms with E-state index in [4.69, 9.17) is 0 Å². The Hall–Kier alpha value is -1.90. The van der Waals surface area contributed by atoms with Gasteiger partial charge >= 0.3 is 0 Å². The summed E-state index contributed by atoms with van der Waals surface area (Å²) in [4.78, 5) is 0. The van der Waals surface area contributed by atoms with E-state index in [1.54, 1.807) is 12.2 Å². The quantitative estimate of drug-likeness (QED) is 0.200. The zero-order chi connectivity index (χ0) is 20.2. The molecule has 0 saturated carbocycles. The van der Waals surface area contributed by atoms with Crippen molar-refractivity contribution in [1.82, 2.24) is 0 Å². The predicted molar refractivity (Wildman–Crippen MR) is 120 cm³/mol. The van der Waals surface area contributed by atoms with E-state index in [1.807, 2.05) is 42.5 Å². The van der Waals surface area contributed by atoms with E-state index >= 15 is 0 Å². The molecule has 0 fully saturated rings. The minimum absolute atomic E-state index is 0.447. The third-order valence-corrected chi connectivity index (χ3v) is 3.74. The summed E-state index contributed by atoms with van der Waals surface area (Å²) in [5.74, 6) is 0. The zero-order valence-corrected chi connectivity index (χ0v) is 17.1. The maximum absolute atomic E-state index is 9.88. The first kappa shape index (κ1) is 25.1. The van der Waals surface area contributed by atoms with Crippen LogP contribution in [0, 0.1) is 0 Å². The summed E-state index contributed by atoms with van der Waals surface area (Å²) < 4.78 is 0. The van der Waals surface area contributed by atoms with Crippen LogP contribution in [0.5, 0.6) is 0 Å². The van der Waals surface area contributed by atoms with Gasteiger partial charge in [-0.3, -0.25) is 0 Å². The number of unbranched alkanes of at least 4 members (excludes halogenated alkanes) is 1. The van der Waals surface area contributed by atoms with Crippen LogP contribution in [-0.2, 0) is 0 Å². The van der Waals surface area contributed by atoms with Crippen LogP contribution in [0.15, 0.2) is 85.1 Å². The Bertz CT molecular complexity index is 533. The van der Waals surface area contributed by atoms with E-state index in [9.17, 15) is 10.2 Å². The van der Waals surface area contributed by atoms with Gasteiger partial charge in [0.1, 0.15) is 0 Å². The molecule has 150 valence electrons. The maximum atomic E-state index is 9.88. The van der Waals surface area contributed by atoms with Crippen LogP contribution in [-0.4, -0.2) is 22.4 Å². The lowest BCUT2D eigenvalue weighted by Gasteiger charge is -1.99. The van der Waals surface area contributed by atoms with Crippen molar-refractivity contribution in [2.24, 2.45) is 0 Å². The SMILES string of the molecule is C=C(C)CCC/C=C\C/C=C\C[C@@H](O)/C=C/C=C/C=C\[C@@H](O)C/C=C\CC. The van der Waals surface area contributed by atoms with Crippen molar-refractivity contribution in [3.63, 3.8) is 0 Å². The molecule has 0 saturated heterocycles. The van der Waals surface area contributed by atoms with Crippen molar-refractivity contribution in [3.8, 4) is 0 Å². The van der Waals surface area contributed by atoms with Crippen molar-refractivity contribution in [3.05, 3.63) is 85.1 Å². The molecule has 0 aromatic rings. The molecule has 0 heterocycles. The van der Waals surface area contributed by atoms with E-state index in [2.05, 4.69) is 38.7 Å². The van der Waals surface area contributed by atoms with E-state index in [0.717, 1.165) is 32.1 Å². The fourth-order valence-corrected chi connectivity index (χ4v) is 2.22. The Morgan fingerprint density at radius 3 is 1.93 bits per heavy atom. The summed E-state index contributed by atoms with van der Waals surface area (Å²) >= 11 is 0. The predicted octanol–water partition coefficient (Wildman–Crippen LogP) is 6.37. The molecule has 0 amide bonds. The Morgan fingerprint density at radius 1 is 0.815 bits per heavy atom. The number of allylic oxidation sites excluding steroid dienone is 9. The largest absolute Gasteiger partial charge is 0.389 e. The van der Waals surface area contributed by atoms with Gasteiger partial charge in [0.15, 0.2) is 0 Å². The molecule has 0 unspecified atom stereocenters. The Kier molecular flexibility index (Phi) is 17.5.